The van der Waals surface area contributed by atoms with E-state index >= 15 is 0 Å². The molecule has 0 radical (unpaired) electrons. The van der Waals surface area contributed by atoms with Crippen molar-refractivity contribution in [2.24, 2.45) is 17.6 Å². The summed E-state index contributed by atoms with van der Waals surface area (Å²) < 4.78 is 24.0. The predicted octanol–water partition coefficient (Wildman–Crippen LogP) is 2.65. The molecular formula is C13H17BrClNO2S. The molecule has 0 bridgehead atoms. The maximum Gasteiger partial charge on any atom is 0.150 e. The Bertz CT molecular complexity index is 562. The second kappa shape index (κ2) is 6.12. The quantitative estimate of drug-likeness (QED) is 0.891. The monoisotopic (exact) mass is 365 g/mol. The molecule has 1 saturated heterocycles. The molecule has 19 heavy (non-hydrogen) atoms. The van der Waals surface area contributed by atoms with Crippen molar-refractivity contribution < 1.29 is 8.42 Å². The van der Waals surface area contributed by atoms with Gasteiger partial charge in [0.1, 0.15) is 0 Å². The molecule has 106 valence electrons. The third kappa shape index (κ3) is 3.94. The van der Waals surface area contributed by atoms with Gasteiger partial charge in [-0.25, -0.2) is 8.42 Å². The standard InChI is InChI=1S/C13H17BrClNO2S/c14-12-2-1-9(13(15)6-12)5-11(7-16)10-3-4-19(17,18)8-10/h1-2,6,10-11H,3-5,7-8,16H2. The summed E-state index contributed by atoms with van der Waals surface area (Å²) in [6, 6.07) is 5.77. The lowest BCUT2D eigenvalue weighted by Gasteiger charge is -2.21. The molecule has 0 amide bonds. The van der Waals surface area contributed by atoms with Crippen LogP contribution in [0.4, 0.5) is 0 Å². The summed E-state index contributed by atoms with van der Waals surface area (Å²) in [4.78, 5) is 0. The Hall–Kier alpha value is -0.100. The van der Waals surface area contributed by atoms with Crippen molar-refractivity contribution in [3.8, 4) is 0 Å². The van der Waals surface area contributed by atoms with Crippen molar-refractivity contribution in [2.45, 2.75) is 12.8 Å². The molecule has 1 aromatic carbocycles. The second-order valence-electron chi connectivity index (χ2n) is 5.10. The van der Waals surface area contributed by atoms with Crippen LogP contribution in [-0.4, -0.2) is 26.5 Å². The van der Waals surface area contributed by atoms with Crippen LogP contribution in [0.2, 0.25) is 5.02 Å². The number of rotatable bonds is 4. The van der Waals surface area contributed by atoms with Crippen LogP contribution in [0.15, 0.2) is 22.7 Å². The van der Waals surface area contributed by atoms with E-state index in [1.54, 1.807) is 0 Å². The number of benzene rings is 1. The Kier molecular flexibility index (Phi) is 4.93. The Balaban J connectivity index is 2.11. The highest BCUT2D eigenvalue weighted by molar-refractivity contribution is 9.10. The zero-order valence-corrected chi connectivity index (χ0v) is 13.6. The highest BCUT2D eigenvalue weighted by Gasteiger charge is 2.33. The van der Waals surface area contributed by atoms with Crippen LogP contribution in [0.25, 0.3) is 0 Å². The van der Waals surface area contributed by atoms with Gasteiger partial charge in [0.05, 0.1) is 11.5 Å². The van der Waals surface area contributed by atoms with Crippen LogP contribution < -0.4 is 5.73 Å². The van der Waals surface area contributed by atoms with Crippen LogP contribution in [0.3, 0.4) is 0 Å². The van der Waals surface area contributed by atoms with Gasteiger partial charge < -0.3 is 5.73 Å². The van der Waals surface area contributed by atoms with Crippen LogP contribution >= 0.6 is 27.5 Å². The number of hydrogen-bond donors (Lipinski definition) is 1. The van der Waals surface area contributed by atoms with E-state index < -0.39 is 9.84 Å². The largest absolute Gasteiger partial charge is 0.330 e. The van der Waals surface area contributed by atoms with E-state index in [1.807, 2.05) is 18.2 Å². The number of nitrogens with two attached hydrogens (primary N) is 1. The van der Waals surface area contributed by atoms with Crippen molar-refractivity contribution in [1.29, 1.82) is 0 Å². The van der Waals surface area contributed by atoms with E-state index in [9.17, 15) is 8.42 Å². The van der Waals surface area contributed by atoms with Crippen LogP contribution in [0.1, 0.15) is 12.0 Å². The molecule has 1 aliphatic rings. The van der Waals surface area contributed by atoms with Crippen molar-refractivity contribution >= 4 is 37.4 Å². The minimum atomic E-state index is -2.86. The molecule has 1 aliphatic heterocycles. The first-order valence-corrected chi connectivity index (χ1v) is 9.25. The minimum Gasteiger partial charge on any atom is -0.330 e. The lowest BCUT2D eigenvalue weighted by molar-refractivity contribution is 0.371. The molecule has 2 unspecified atom stereocenters. The molecule has 2 N–H and O–H groups in total. The molecule has 1 fully saturated rings. The lowest BCUT2D eigenvalue weighted by Crippen LogP contribution is -2.26. The van der Waals surface area contributed by atoms with Gasteiger partial charge in [-0.15, -0.1) is 0 Å². The van der Waals surface area contributed by atoms with Gasteiger partial charge in [0.25, 0.3) is 0 Å². The van der Waals surface area contributed by atoms with Crippen molar-refractivity contribution in [3.05, 3.63) is 33.3 Å². The summed E-state index contributed by atoms with van der Waals surface area (Å²) in [5.74, 6) is 0.899. The molecular weight excluding hydrogens is 350 g/mol. The molecule has 0 aromatic heterocycles. The lowest BCUT2D eigenvalue weighted by atomic mass is 9.86. The molecule has 2 rings (SSSR count). The Labute approximate surface area is 127 Å². The fourth-order valence-corrected chi connectivity index (χ4v) is 5.28. The zero-order chi connectivity index (χ0) is 14.0. The molecule has 2 atom stereocenters. The SMILES string of the molecule is NCC(Cc1ccc(Br)cc1Cl)C1CCS(=O)(=O)C1. The van der Waals surface area contributed by atoms with Crippen molar-refractivity contribution in [1.82, 2.24) is 0 Å². The van der Waals surface area contributed by atoms with E-state index in [0.717, 1.165) is 22.9 Å². The summed E-state index contributed by atoms with van der Waals surface area (Å²) in [6.45, 7) is 0.493. The topological polar surface area (TPSA) is 60.2 Å². The Morgan fingerprint density at radius 2 is 2.21 bits per heavy atom. The highest BCUT2D eigenvalue weighted by Crippen LogP contribution is 2.30. The summed E-state index contributed by atoms with van der Waals surface area (Å²) in [5, 5.41) is 0.702. The first kappa shape index (κ1) is 15.3. The van der Waals surface area contributed by atoms with E-state index in [0.29, 0.717) is 17.3 Å². The van der Waals surface area contributed by atoms with Crippen molar-refractivity contribution in [3.63, 3.8) is 0 Å². The number of hydrogen-bond acceptors (Lipinski definition) is 3. The Morgan fingerprint density at radius 1 is 1.47 bits per heavy atom. The first-order chi connectivity index (χ1) is 8.91. The maximum absolute atomic E-state index is 11.6. The molecule has 6 heteroatoms. The van der Waals surface area contributed by atoms with E-state index in [4.69, 9.17) is 17.3 Å². The average molecular weight is 367 g/mol. The summed E-state index contributed by atoms with van der Waals surface area (Å²) in [5.41, 5.74) is 6.85. The first-order valence-electron chi connectivity index (χ1n) is 6.25. The van der Waals surface area contributed by atoms with Gasteiger partial charge >= 0.3 is 0 Å². The van der Waals surface area contributed by atoms with Crippen molar-refractivity contribution in [2.75, 3.05) is 18.1 Å². The number of sulfone groups is 1. The van der Waals surface area contributed by atoms with Gasteiger partial charge in [-0.05, 0) is 48.9 Å². The van der Waals surface area contributed by atoms with Gasteiger partial charge in [-0.2, -0.15) is 0 Å². The average Bonchev–Trinajstić information content (AvgIpc) is 2.69. The van der Waals surface area contributed by atoms with E-state index in [2.05, 4.69) is 15.9 Å². The molecule has 1 heterocycles. The second-order valence-corrected chi connectivity index (χ2v) is 8.65. The van der Waals surface area contributed by atoms with E-state index in [-0.39, 0.29) is 17.6 Å². The van der Waals surface area contributed by atoms with Gasteiger partial charge in [-0.1, -0.05) is 33.6 Å². The summed E-state index contributed by atoms with van der Waals surface area (Å²) in [6.07, 6.45) is 1.46. The molecule has 1 aromatic rings. The van der Waals surface area contributed by atoms with Gasteiger partial charge in [-0.3, -0.25) is 0 Å². The molecule has 0 aliphatic carbocycles. The third-order valence-electron chi connectivity index (χ3n) is 3.73. The van der Waals surface area contributed by atoms with Crippen LogP contribution in [-0.2, 0) is 16.3 Å². The molecule has 3 nitrogen and oxygen atoms in total. The van der Waals surface area contributed by atoms with Gasteiger partial charge in [0.2, 0.25) is 0 Å². The zero-order valence-electron chi connectivity index (χ0n) is 10.5. The Morgan fingerprint density at radius 3 is 2.74 bits per heavy atom. The van der Waals surface area contributed by atoms with Crippen LogP contribution in [0.5, 0.6) is 0 Å². The smallest absolute Gasteiger partial charge is 0.150 e. The van der Waals surface area contributed by atoms with E-state index in [1.165, 1.54) is 0 Å². The van der Waals surface area contributed by atoms with Gasteiger partial charge in [0, 0.05) is 9.50 Å². The predicted molar refractivity (Wildman–Crippen MR) is 82.2 cm³/mol. The fourth-order valence-electron chi connectivity index (χ4n) is 2.61. The molecule has 0 spiro atoms. The highest BCUT2D eigenvalue weighted by atomic mass is 79.9. The fraction of sp³-hybridized carbons (Fsp3) is 0.538. The maximum atomic E-state index is 11.6. The van der Waals surface area contributed by atoms with Crippen LogP contribution in [0, 0.1) is 11.8 Å². The molecule has 0 saturated carbocycles. The summed E-state index contributed by atoms with van der Waals surface area (Å²) in [7, 11) is -2.86. The normalized spacial score (nSPS) is 23.4. The summed E-state index contributed by atoms with van der Waals surface area (Å²) >= 11 is 9.58. The number of halogens is 2. The third-order valence-corrected chi connectivity index (χ3v) is 6.37. The minimum absolute atomic E-state index is 0.162. The van der Waals surface area contributed by atoms with Gasteiger partial charge in [0.15, 0.2) is 9.84 Å².